The monoisotopic (exact) mass is 432 g/mol. The van der Waals surface area contributed by atoms with Crippen LogP contribution in [0.5, 0.6) is 0 Å². The summed E-state index contributed by atoms with van der Waals surface area (Å²) in [5.41, 5.74) is 9.31. The van der Waals surface area contributed by atoms with E-state index in [1.807, 2.05) is 0 Å². The van der Waals surface area contributed by atoms with Crippen LogP contribution in [-0.2, 0) is 29.7 Å². The number of likely N-dealkylation sites (N-methyl/N-ethyl adjacent to an activating group) is 1. The van der Waals surface area contributed by atoms with Crippen LogP contribution in [0.3, 0.4) is 0 Å². The number of nitrogens with zero attached hydrogens (tertiary/aromatic N) is 1. The van der Waals surface area contributed by atoms with Crippen molar-refractivity contribution in [1.82, 2.24) is 10.2 Å². The molecule has 1 aliphatic carbocycles. The van der Waals surface area contributed by atoms with Crippen molar-refractivity contribution in [2.45, 2.75) is 82.8 Å². The van der Waals surface area contributed by atoms with Crippen LogP contribution in [0.15, 0.2) is 36.4 Å². The van der Waals surface area contributed by atoms with Crippen LogP contribution in [0.4, 0.5) is 0 Å². The SMILES string of the molecule is CC(C)c1ccc2c(c1)CC(COCC(C)c1ccc3c(c1)CCNC31CCC1)N(C)C2. The molecular formula is C29H40N2O. The van der Waals surface area contributed by atoms with Gasteiger partial charge in [0.15, 0.2) is 0 Å². The molecule has 32 heavy (non-hydrogen) atoms. The van der Waals surface area contributed by atoms with E-state index in [1.54, 1.807) is 11.1 Å². The second kappa shape index (κ2) is 8.93. The Morgan fingerprint density at radius 1 is 1.03 bits per heavy atom. The molecule has 0 saturated heterocycles. The predicted molar refractivity (Wildman–Crippen MR) is 132 cm³/mol. The maximum Gasteiger partial charge on any atom is 0.0625 e. The van der Waals surface area contributed by atoms with Crippen LogP contribution in [-0.4, -0.2) is 37.7 Å². The minimum Gasteiger partial charge on any atom is -0.379 e. The molecule has 2 atom stereocenters. The van der Waals surface area contributed by atoms with E-state index >= 15 is 0 Å². The number of nitrogens with one attached hydrogen (secondary N) is 1. The molecule has 0 bridgehead atoms. The largest absolute Gasteiger partial charge is 0.379 e. The van der Waals surface area contributed by atoms with Gasteiger partial charge in [0.05, 0.1) is 13.2 Å². The predicted octanol–water partition coefficient (Wildman–Crippen LogP) is 5.51. The second-order valence-electron chi connectivity index (χ2n) is 10.9. The van der Waals surface area contributed by atoms with Gasteiger partial charge in [0, 0.05) is 30.6 Å². The van der Waals surface area contributed by atoms with Crippen LogP contribution >= 0.6 is 0 Å². The molecule has 3 aliphatic rings. The quantitative estimate of drug-likeness (QED) is 0.651. The Morgan fingerprint density at radius 3 is 2.56 bits per heavy atom. The molecule has 0 radical (unpaired) electrons. The first kappa shape index (κ1) is 22.1. The Labute approximate surface area is 194 Å². The molecule has 2 heterocycles. The molecule has 2 aromatic carbocycles. The number of benzene rings is 2. The number of rotatable bonds is 6. The molecule has 3 heteroatoms. The zero-order valence-electron chi connectivity index (χ0n) is 20.4. The summed E-state index contributed by atoms with van der Waals surface area (Å²) >= 11 is 0. The lowest BCUT2D eigenvalue weighted by molar-refractivity contribution is 0.0564. The van der Waals surface area contributed by atoms with Crippen LogP contribution in [0, 0.1) is 0 Å². The molecule has 5 rings (SSSR count). The maximum absolute atomic E-state index is 6.32. The fraction of sp³-hybridized carbons (Fsp3) is 0.586. The van der Waals surface area contributed by atoms with E-state index in [-0.39, 0.29) is 0 Å². The Kier molecular flexibility index (Phi) is 6.17. The fourth-order valence-electron chi connectivity index (χ4n) is 5.92. The van der Waals surface area contributed by atoms with Gasteiger partial charge in [0.1, 0.15) is 0 Å². The van der Waals surface area contributed by atoms with Crippen molar-refractivity contribution in [1.29, 1.82) is 0 Å². The van der Waals surface area contributed by atoms with Gasteiger partial charge in [-0.25, -0.2) is 0 Å². The van der Waals surface area contributed by atoms with Gasteiger partial charge in [0.25, 0.3) is 0 Å². The van der Waals surface area contributed by atoms with Crippen molar-refractivity contribution in [2.24, 2.45) is 0 Å². The third-order valence-electron chi connectivity index (χ3n) is 8.35. The summed E-state index contributed by atoms with van der Waals surface area (Å²) in [4.78, 5) is 2.46. The maximum atomic E-state index is 6.32. The number of hydrogen-bond acceptors (Lipinski definition) is 3. The summed E-state index contributed by atoms with van der Waals surface area (Å²) in [5.74, 6) is 1.02. The van der Waals surface area contributed by atoms with Gasteiger partial charge >= 0.3 is 0 Å². The highest BCUT2D eigenvalue weighted by atomic mass is 16.5. The van der Waals surface area contributed by atoms with E-state index in [9.17, 15) is 0 Å². The summed E-state index contributed by atoms with van der Waals surface area (Å²) in [6.45, 7) is 10.6. The van der Waals surface area contributed by atoms with Crippen LogP contribution in [0.25, 0.3) is 0 Å². The lowest BCUT2D eigenvalue weighted by atomic mass is 9.68. The third-order valence-corrected chi connectivity index (χ3v) is 8.35. The highest BCUT2D eigenvalue weighted by molar-refractivity contribution is 5.42. The van der Waals surface area contributed by atoms with E-state index in [4.69, 9.17) is 4.74 Å². The van der Waals surface area contributed by atoms with E-state index < -0.39 is 0 Å². The van der Waals surface area contributed by atoms with Gasteiger partial charge in [-0.05, 0) is 78.5 Å². The van der Waals surface area contributed by atoms with Crippen LogP contribution < -0.4 is 5.32 Å². The van der Waals surface area contributed by atoms with Gasteiger partial charge in [-0.1, -0.05) is 57.2 Å². The summed E-state index contributed by atoms with van der Waals surface area (Å²) in [5, 5.41) is 3.80. The van der Waals surface area contributed by atoms with E-state index in [0.717, 1.165) is 39.1 Å². The lowest BCUT2D eigenvalue weighted by Gasteiger charge is -2.47. The van der Waals surface area contributed by atoms with Crippen molar-refractivity contribution in [3.8, 4) is 0 Å². The third kappa shape index (κ3) is 4.16. The molecule has 1 N–H and O–H groups in total. The number of ether oxygens (including phenoxy) is 1. The zero-order valence-corrected chi connectivity index (χ0v) is 20.4. The molecule has 172 valence electrons. The highest BCUT2D eigenvalue weighted by Gasteiger charge is 2.41. The molecule has 1 spiro atoms. The Hall–Kier alpha value is -1.68. The molecule has 3 nitrogen and oxygen atoms in total. The Balaban J connectivity index is 1.19. The van der Waals surface area contributed by atoms with E-state index in [2.05, 4.69) is 74.4 Å². The smallest absolute Gasteiger partial charge is 0.0625 e. The normalized spacial score (nSPS) is 23.0. The summed E-state index contributed by atoms with van der Waals surface area (Å²) < 4.78 is 6.32. The van der Waals surface area contributed by atoms with Gasteiger partial charge in [-0.2, -0.15) is 0 Å². The van der Waals surface area contributed by atoms with Crippen molar-refractivity contribution in [3.63, 3.8) is 0 Å². The number of fused-ring (bicyclic) bond motifs is 3. The minimum absolute atomic E-state index is 0.295. The van der Waals surface area contributed by atoms with E-state index in [0.29, 0.717) is 23.4 Å². The van der Waals surface area contributed by atoms with Crippen molar-refractivity contribution >= 4 is 0 Å². The first-order chi connectivity index (χ1) is 15.4. The minimum atomic E-state index is 0.295. The zero-order chi connectivity index (χ0) is 22.3. The lowest BCUT2D eigenvalue weighted by Crippen LogP contribution is -2.52. The van der Waals surface area contributed by atoms with Crippen LogP contribution in [0.2, 0.25) is 0 Å². The first-order valence-corrected chi connectivity index (χ1v) is 12.7. The summed E-state index contributed by atoms with van der Waals surface area (Å²) in [6.07, 6.45) is 6.21. The van der Waals surface area contributed by atoms with Gasteiger partial charge in [0.2, 0.25) is 0 Å². The molecular weight excluding hydrogens is 392 g/mol. The summed E-state index contributed by atoms with van der Waals surface area (Å²) in [6, 6.07) is 14.8. The second-order valence-corrected chi connectivity index (χ2v) is 10.9. The first-order valence-electron chi connectivity index (χ1n) is 12.7. The fourth-order valence-corrected chi connectivity index (χ4v) is 5.92. The van der Waals surface area contributed by atoms with Crippen molar-refractivity contribution in [2.75, 3.05) is 26.8 Å². The average Bonchev–Trinajstić information content (AvgIpc) is 2.77. The molecule has 2 unspecified atom stereocenters. The molecule has 1 fully saturated rings. The topological polar surface area (TPSA) is 24.5 Å². The average molecular weight is 433 g/mol. The molecule has 0 aromatic heterocycles. The van der Waals surface area contributed by atoms with Gasteiger partial charge < -0.3 is 10.1 Å². The highest BCUT2D eigenvalue weighted by Crippen LogP contribution is 2.45. The molecule has 2 aromatic rings. The molecule has 0 amide bonds. The summed E-state index contributed by atoms with van der Waals surface area (Å²) in [7, 11) is 2.24. The van der Waals surface area contributed by atoms with Gasteiger partial charge in [-0.15, -0.1) is 0 Å². The molecule has 1 saturated carbocycles. The van der Waals surface area contributed by atoms with Crippen molar-refractivity contribution < 1.29 is 4.74 Å². The number of hydrogen-bond donors (Lipinski definition) is 1. The molecule has 2 aliphatic heterocycles. The van der Waals surface area contributed by atoms with Crippen LogP contribution in [0.1, 0.15) is 85.3 Å². The Morgan fingerprint density at radius 2 is 1.81 bits per heavy atom. The Bertz CT molecular complexity index is 962. The van der Waals surface area contributed by atoms with Gasteiger partial charge in [-0.3, -0.25) is 4.90 Å². The standard InChI is InChI=1S/C29H40N2O/c1-20(2)22-6-7-25-17-31(4)27(16-26(25)14-22)19-32-18-21(3)23-8-9-28-24(15-23)10-13-30-29(28)11-5-12-29/h6-9,14-15,20-21,27,30H,5,10-13,16-19H2,1-4H3. The van der Waals surface area contributed by atoms with Crippen molar-refractivity contribution in [3.05, 3.63) is 69.8 Å². The van der Waals surface area contributed by atoms with E-state index in [1.165, 1.54) is 41.5 Å².